The molecule has 1 aliphatic carbocycles. The Hall–Kier alpha value is 0.501. The van der Waals surface area contributed by atoms with Crippen molar-refractivity contribution in [3.8, 4) is 0 Å². The maximum atomic E-state index is 3.29. The van der Waals surface area contributed by atoms with Crippen molar-refractivity contribution in [2.24, 2.45) is 0 Å². The van der Waals surface area contributed by atoms with Crippen molar-refractivity contribution in [2.75, 3.05) is 0 Å². The minimum Gasteiger partial charge on any atom is -1.00 e. The molecule has 0 bridgehead atoms. The van der Waals surface area contributed by atoms with Crippen molar-refractivity contribution in [1.29, 1.82) is 0 Å². The van der Waals surface area contributed by atoms with E-state index in [9.17, 15) is 0 Å². The number of halogens is 3. The van der Waals surface area contributed by atoms with Gasteiger partial charge in [0.05, 0.1) is 8.07 Å². The molecular weight excluding hydrogens is 362 g/mol. The number of allylic oxidation sites excluding steroid dienone is 4. The molecule has 0 N–H and O–H groups in total. The van der Waals surface area contributed by atoms with E-state index in [0.717, 1.165) is 12.8 Å². The Morgan fingerprint density at radius 1 is 1.00 bits per heavy atom. The van der Waals surface area contributed by atoms with Gasteiger partial charge in [-0.05, 0) is 12.0 Å². The Labute approximate surface area is 157 Å². The summed E-state index contributed by atoms with van der Waals surface area (Å²) in [6.45, 7) is 7.16. The van der Waals surface area contributed by atoms with Crippen molar-refractivity contribution in [3.63, 3.8) is 0 Å². The molecule has 0 atom stereocenters. The second-order valence-electron chi connectivity index (χ2n) is 5.48. The molecule has 5 heteroatoms. The summed E-state index contributed by atoms with van der Waals surface area (Å²) >= 11 is 0. The Kier molecular flexibility index (Phi) is 14.2. The van der Waals surface area contributed by atoms with Gasteiger partial charge in [-0.25, -0.2) is 12.2 Å². The van der Waals surface area contributed by atoms with Gasteiger partial charge >= 0.3 is 21.7 Å². The molecule has 108 valence electrons. The molecule has 0 aliphatic heterocycles. The van der Waals surface area contributed by atoms with E-state index in [1.165, 1.54) is 11.1 Å². The van der Waals surface area contributed by atoms with Crippen LogP contribution in [-0.2, 0) is 28.1 Å². The van der Waals surface area contributed by atoms with Crippen molar-refractivity contribution >= 4 is 13.3 Å². The summed E-state index contributed by atoms with van der Waals surface area (Å²) in [6.07, 6.45) is 9.63. The van der Waals surface area contributed by atoms with E-state index >= 15 is 0 Å². The van der Waals surface area contributed by atoms with Gasteiger partial charge in [-0.1, -0.05) is 55.5 Å². The summed E-state index contributed by atoms with van der Waals surface area (Å²) in [6, 6.07) is 9.18. The summed E-state index contributed by atoms with van der Waals surface area (Å²) in [5, 5.41) is 1.54. The first-order valence-corrected chi connectivity index (χ1v) is 9.41. The average Bonchev–Trinajstić information content (AvgIpc) is 2.70. The fourth-order valence-corrected chi connectivity index (χ4v) is 3.10. The zero-order valence-corrected chi connectivity index (χ0v) is 16.8. The number of benzene rings is 1. The predicted molar refractivity (Wildman–Crippen MR) is 73.6 cm³/mol. The minimum absolute atomic E-state index is 0. The van der Waals surface area contributed by atoms with E-state index in [0.29, 0.717) is 0 Å². The van der Waals surface area contributed by atoms with Gasteiger partial charge < -0.3 is 37.2 Å². The molecule has 0 nitrogen and oxygen atoms in total. The van der Waals surface area contributed by atoms with Crippen LogP contribution in [0, 0.1) is 6.08 Å². The van der Waals surface area contributed by atoms with Gasteiger partial charge in [-0.3, -0.25) is 6.08 Å². The Bertz CT molecular complexity index is 433. The van der Waals surface area contributed by atoms with Gasteiger partial charge in [-0.2, -0.15) is 5.57 Å². The van der Waals surface area contributed by atoms with Crippen LogP contribution in [-0.4, -0.2) is 8.07 Å². The third kappa shape index (κ3) is 7.49. The van der Waals surface area contributed by atoms with Gasteiger partial charge in [0.2, 0.25) is 0 Å². The van der Waals surface area contributed by atoms with Crippen LogP contribution in [0.4, 0.5) is 0 Å². The molecule has 2 rings (SSSR count). The average molecular weight is 382 g/mol. The van der Waals surface area contributed by atoms with Gasteiger partial charge in [0.15, 0.2) is 0 Å². The SMILES string of the molecule is C[Si](C)(C)c1ccc(CC2=[C-]C=CC2)cc1.[Cl-].[Cl-].[Cl-].[Ti+4]. The molecule has 0 amide bonds. The predicted octanol–water partition coefficient (Wildman–Crippen LogP) is -5.53. The molecule has 0 spiro atoms. The molecule has 0 radical (unpaired) electrons. The van der Waals surface area contributed by atoms with E-state index in [-0.39, 0.29) is 58.9 Å². The van der Waals surface area contributed by atoms with E-state index in [1.807, 2.05) is 6.08 Å². The Morgan fingerprint density at radius 3 is 1.95 bits per heavy atom. The topological polar surface area (TPSA) is 0 Å². The number of hydrogen-bond acceptors (Lipinski definition) is 0. The van der Waals surface area contributed by atoms with Crippen LogP contribution in [0.2, 0.25) is 19.6 Å². The zero-order valence-electron chi connectivity index (χ0n) is 12.0. The summed E-state index contributed by atoms with van der Waals surface area (Å²) in [7, 11) is -1.14. The quantitative estimate of drug-likeness (QED) is 0.362. The summed E-state index contributed by atoms with van der Waals surface area (Å²) in [5.74, 6) is 0. The maximum Gasteiger partial charge on any atom is 4.00 e. The largest absolute Gasteiger partial charge is 4.00 e. The first-order valence-electron chi connectivity index (χ1n) is 5.91. The molecule has 1 aromatic rings. The van der Waals surface area contributed by atoms with Gasteiger partial charge in [0.1, 0.15) is 0 Å². The first-order chi connectivity index (χ1) is 7.55. The molecule has 0 saturated carbocycles. The van der Waals surface area contributed by atoms with Crippen molar-refractivity contribution in [2.45, 2.75) is 32.5 Å². The van der Waals surface area contributed by atoms with Crippen LogP contribution in [0.5, 0.6) is 0 Å². The Morgan fingerprint density at radius 2 is 1.55 bits per heavy atom. The fraction of sp³-hybridized carbons (Fsp3) is 0.333. The minimum atomic E-state index is -1.14. The molecule has 0 heterocycles. The van der Waals surface area contributed by atoms with E-state index in [4.69, 9.17) is 0 Å². The summed E-state index contributed by atoms with van der Waals surface area (Å²) in [4.78, 5) is 0. The van der Waals surface area contributed by atoms with E-state index in [2.05, 4.69) is 56.1 Å². The van der Waals surface area contributed by atoms with Crippen molar-refractivity contribution in [3.05, 3.63) is 53.6 Å². The zero-order chi connectivity index (χ0) is 11.6. The molecule has 1 aromatic carbocycles. The molecule has 20 heavy (non-hydrogen) atoms. The standard InChI is InChI=1S/C15H19Si.3ClH.Ti/c1-16(2,3)15-10-8-14(9-11-15)12-13-6-4-5-7-13;;;;/h4-5,8-11H,6,12H2,1-3H3;3*1H;/q-1;;;;+4/p-3. The first kappa shape index (κ1) is 25.5. The number of hydrogen-bond donors (Lipinski definition) is 0. The third-order valence-electron chi connectivity index (χ3n) is 3.01. The molecule has 1 aliphatic rings. The monoisotopic (exact) mass is 380 g/mol. The van der Waals surface area contributed by atoms with Crippen LogP contribution in [0.1, 0.15) is 12.0 Å². The molecular formula is C15H19Cl3SiTi. The van der Waals surface area contributed by atoms with Crippen LogP contribution in [0.15, 0.2) is 42.0 Å². The van der Waals surface area contributed by atoms with Crippen molar-refractivity contribution < 1.29 is 58.9 Å². The van der Waals surface area contributed by atoms with E-state index in [1.54, 1.807) is 5.19 Å². The molecule has 0 aromatic heterocycles. The van der Waals surface area contributed by atoms with E-state index < -0.39 is 8.07 Å². The normalized spacial score (nSPS) is 12.2. The van der Waals surface area contributed by atoms with Gasteiger partial charge in [0, 0.05) is 0 Å². The fourth-order valence-electron chi connectivity index (χ4n) is 1.93. The third-order valence-corrected chi connectivity index (χ3v) is 5.07. The molecule has 0 saturated heterocycles. The second-order valence-corrected chi connectivity index (χ2v) is 10.6. The smallest absolute Gasteiger partial charge is 1.00 e. The maximum absolute atomic E-state index is 3.29. The van der Waals surface area contributed by atoms with Crippen molar-refractivity contribution in [1.82, 2.24) is 0 Å². The van der Waals surface area contributed by atoms with Crippen LogP contribution < -0.4 is 42.4 Å². The summed E-state index contributed by atoms with van der Waals surface area (Å²) < 4.78 is 0. The van der Waals surface area contributed by atoms with Crippen LogP contribution in [0.3, 0.4) is 0 Å². The second kappa shape index (κ2) is 11.1. The number of rotatable bonds is 3. The van der Waals surface area contributed by atoms with Crippen LogP contribution >= 0.6 is 0 Å². The summed E-state index contributed by atoms with van der Waals surface area (Å²) in [5.41, 5.74) is 2.81. The molecule has 0 unspecified atom stereocenters. The molecule has 0 fully saturated rings. The van der Waals surface area contributed by atoms with Crippen LogP contribution in [0.25, 0.3) is 0 Å². The Balaban J connectivity index is -0.000000722. The van der Waals surface area contributed by atoms with Gasteiger partial charge in [0.25, 0.3) is 0 Å². The van der Waals surface area contributed by atoms with Gasteiger partial charge in [-0.15, -0.1) is 0 Å².